The summed E-state index contributed by atoms with van der Waals surface area (Å²) in [5.74, 6) is -0.373. The van der Waals surface area contributed by atoms with Crippen molar-refractivity contribution in [2.45, 2.75) is 26.7 Å². The van der Waals surface area contributed by atoms with Gasteiger partial charge >= 0.3 is 0 Å². The molecule has 0 atom stereocenters. The maximum atomic E-state index is 12.0. The Balaban J connectivity index is 2.34. The molecule has 0 bridgehead atoms. The van der Waals surface area contributed by atoms with Gasteiger partial charge in [0.05, 0.1) is 5.69 Å². The van der Waals surface area contributed by atoms with Gasteiger partial charge in [-0.3, -0.25) is 14.5 Å². The number of phenolic OH excluding ortho intramolecular Hbond substituents is 1. The number of anilines is 1. The molecule has 90 valence electrons. The lowest BCUT2D eigenvalue weighted by Crippen LogP contribution is -2.46. The number of aromatic hydroxyl groups is 1. The fourth-order valence-corrected chi connectivity index (χ4v) is 2.10. The van der Waals surface area contributed by atoms with Crippen LogP contribution in [0, 0.1) is 5.41 Å². The summed E-state index contributed by atoms with van der Waals surface area (Å²) in [7, 11) is 0. The van der Waals surface area contributed by atoms with E-state index in [1.165, 1.54) is 12.1 Å². The van der Waals surface area contributed by atoms with E-state index in [9.17, 15) is 14.7 Å². The lowest BCUT2D eigenvalue weighted by atomic mass is 9.81. The first-order valence-electron chi connectivity index (χ1n) is 5.54. The van der Waals surface area contributed by atoms with Crippen LogP contribution in [0.1, 0.15) is 26.7 Å². The van der Waals surface area contributed by atoms with Crippen molar-refractivity contribution in [3.8, 4) is 5.75 Å². The Morgan fingerprint density at radius 2 is 1.76 bits per heavy atom. The van der Waals surface area contributed by atoms with Crippen LogP contribution in [0.3, 0.4) is 0 Å². The number of amides is 2. The Morgan fingerprint density at radius 1 is 1.18 bits per heavy atom. The molecule has 1 fully saturated rings. The summed E-state index contributed by atoms with van der Waals surface area (Å²) in [5.41, 5.74) is 0.164. The molecule has 17 heavy (non-hydrogen) atoms. The molecule has 1 aromatic rings. The molecule has 2 rings (SSSR count). The van der Waals surface area contributed by atoms with E-state index in [1.54, 1.807) is 12.1 Å². The minimum Gasteiger partial charge on any atom is -0.508 e. The van der Waals surface area contributed by atoms with E-state index in [2.05, 4.69) is 0 Å². The van der Waals surface area contributed by atoms with Crippen LogP contribution >= 0.6 is 0 Å². The van der Waals surface area contributed by atoms with Gasteiger partial charge in [0.25, 0.3) is 0 Å². The van der Waals surface area contributed by atoms with E-state index < -0.39 is 0 Å². The van der Waals surface area contributed by atoms with Gasteiger partial charge < -0.3 is 5.11 Å². The molecule has 0 unspecified atom stereocenters. The summed E-state index contributed by atoms with van der Waals surface area (Å²) >= 11 is 0. The number of hydrogen-bond acceptors (Lipinski definition) is 3. The van der Waals surface area contributed by atoms with E-state index in [4.69, 9.17) is 0 Å². The van der Waals surface area contributed by atoms with Gasteiger partial charge in [-0.15, -0.1) is 0 Å². The average Bonchev–Trinajstić information content (AvgIpc) is 2.13. The molecule has 0 aliphatic carbocycles. The summed E-state index contributed by atoms with van der Waals surface area (Å²) < 4.78 is 0. The van der Waals surface area contributed by atoms with Crippen LogP contribution in [0.25, 0.3) is 0 Å². The van der Waals surface area contributed by atoms with Gasteiger partial charge in [0.2, 0.25) is 11.8 Å². The third-order valence-corrected chi connectivity index (χ3v) is 2.85. The van der Waals surface area contributed by atoms with Crippen molar-refractivity contribution >= 4 is 17.5 Å². The van der Waals surface area contributed by atoms with Crippen LogP contribution in [0.4, 0.5) is 5.69 Å². The molecule has 1 aliphatic heterocycles. The fraction of sp³-hybridized carbons (Fsp3) is 0.385. The molecule has 4 heteroatoms. The number of carbonyl (C=O) groups excluding carboxylic acids is 2. The van der Waals surface area contributed by atoms with Crippen LogP contribution in [0.15, 0.2) is 24.3 Å². The van der Waals surface area contributed by atoms with Gasteiger partial charge in [-0.05, 0) is 17.5 Å². The standard InChI is InChI=1S/C13H15NO3/c1-13(2)7-11(16)14(12(17)8-13)9-4-3-5-10(15)6-9/h3-6,15H,7-8H2,1-2H3. The molecule has 0 aromatic heterocycles. The minimum atomic E-state index is -0.276. The normalized spacial score (nSPS) is 19.5. The first-order valence-corrected chi connectivity index (χ1v) is 5.54. The highest BCUT2D eigenvalue weighted by atomic mass is 16.3. The highest BCUT2D eigenvalue weighted by Gasteiger charge is 2.38. The SMILES string of the molecule is CC1(C)CC(=O)N(c2cccc(O)c2)C(=O)C1. The van der Waals surface area contributed by atoms with Gasteiger partial charge in [0.1, 0.15) is 5.75 Å². The van der Waals surface area contributed by atoms with Gasteiger partial charge in [0, 0.05) is 18.9 Å². The van der Waals surface area contributed by atoms with Gasteiger partial charge in [-0.25, -0.2) is 0 Å². The molecule has 0 radical (unpaired) electrons. The summed E-state index contributed by atoms with van der Waals surface area (Å²) in [5, 5.41) is 9.37. The number of hydrogen-bond donors (Lipinski definition) is 1. The molecule has 4 nitrogen and oxygen atoms in total. The number of imide groups is 1. The number of benzene rings is 1. The first-order chi connectivity index (χ1) is 7.89. The molecular formula is C13H15NO3. The largest absolute Gasteiger partial charge is 0.508 e. The second-order valence-electron chi connectivity index (χ2n) is 5.16. The number of carbonyl (C=O) groups is 2. The maximum Gasteiger partial charge on any atom is 0.234 e. The van der Waals surface area contributed by atoms with Crippen molar-refractivity contribution in [1.29, 1.82) is 0 Å². The zero-order valence-corrected chi connectivity index (χ0v) is 9.93. The molecule has 0 saturated carbocycles. The fourth-order valence-electron chi connectivity index (χ4n) is 2.10. The van der Waals surface area contributed by atoms with E-state index in [0.29, 0.717) is 18.5 Å². The Hall–Kier alpha value is -1.84. The third kappa shape index (κ3) is 2.30. The number of phenols is 1. The highest BCUT2D eigenvalue weighted by Crippen LogP contribution is 2.34. The van der Waals surface area contributed by atoms with Crippen molar-refractivity contribution in [2.75, 3.05) is 4.90 Å². The van der Waals surface area contributed by atoms with Crippen molar-refractivity contribution in [1.82, 2.24) is 0 Å². The van der Waals surface area contributed by atoms with E-state index in [1.807, 2.05) is 13.8 Å². The second kappa shape index (κ2) is 3.87. The number of nitrogens with zero attached hydrogens (tertiary/aromatic N) is 1. The van der Waals surface area contributed by atoms with Crippen LogP contribution in [-0.4, -0.2) is 16.9 Å². The smallest absolute Gasteiger partial charge is 0.234 e. The predicted octanol–water partition coefficient (Wildman–Crippen LogP) is 2.07. The quantitative estimate of drug-likeness (QED) is 0.755. The summed E-state index contributed by atoms with van der Waals surface area (Å²) in [6.45, 7) is 3.81. The topological polar surface area (TPSA) is 57.6 Å². The van der Waals surface area contributed by atoms with Gasteiger partial charge in [0.15, 0.2) is 0 Å². The minimum absolute atomic E-state index is 0.0490. The van der Waals surface area contributed by atoms with Crippen LogP contribution in [0.5, 0.6) is 5.75 Å². The van der Waals surface area contributed by atoms with Gasteiger partial charge in [-0.1, -0.05) is 19.9 Å². The Labute approximate surface area is 99.9 Å². The molecule has 1 heterocycles. The molecule has 1 N–H and O–H groups in total. The van der Waals surface area contributed by atoms with Crippen LogP contribution < -0.4 is 4.90 Å². The zero-order valence-electron chi connectivity index (χ0n) is 9.93. The molecule has 2 amide bonds. The zero-order chi connectivity index (χ0) is 12.6. The van der Waals surface area contributed by atoms with Crippen molar-refractivity contribution < 1.29 is 14.7 Å². The van der Waals surface area contributed by atoms with E-state index in [-0.39, 0.29) is 23.0 Å². The third-order valence-electron chi connectivity index (χ3n) is 2.85. The molecule has 1 aromatic carbocycles. The van der Waals surface area contributed by atoms with Crippen molar-refractivity contribution in [3.05, 3.63) is 24.3 Å². The van der Waals surface area contributed by atoms with Crippen molar-refractivity contribution in [3.63, 3.8) is 0 Å². The van der Waals surface area contributed by atoms with Crippen LogP contribution in [-0.2, 0) is 9.59 Å². The summed E-state index contributed by atoms with van der Waals surface area (Å²) in [4.78, 5) is 25.1. The van der Waals surface area contributed by atoms with Gasteiger partial charge in [-0.2, -0.15) is 0 Å². The molecule has 1 aliphatic rings. The first kappa shape index (κ1) is 11.6. The van der Waals surface area contributed by atoms with E-state index >= 15 is 0 Å². The maximum absolute atomic E-state index is 12.0. The molecule has 0 spiro atoms. The predicted molar refractivity (Wildman–Crippen MR) is 63.6 cm³/mol. The molecule has 1 saturated heterocycles. The molecular weight excluding hydrogens is 218 g/mol. The lowest BCUT2D eigenvalue weighted by molar-refractivity contribution is -0.132. The summed E-state index contributed by atoms with van der Waals surface area (Å²) in [6.07, 6.45) is 0.683. The number of rotatable bonds is 1. The highest BCUT2D eigenvalue weighted by molar-refractivity contribution is 6.16. The average molecular weight is 233 g/mol. The Bertz CT molecular complexity index is 459. The monoisotopic (exact) mass is 233 g/mol. The lowest BCUT2D eigenvalue weighted by Gasteiger charge is -2.34. The van der Waals surface area contributed by atoms with E-state index in [0.717, 1.165) is 4.90 Å². The van der Waals surface area contributed by atoms with Crippen LogP contribution in [0.2, 0.25) is 0 Å². The Kier molecular flexibility index (Phi) is 2.65. The Morgan fingerprint density at radius 3 is 2.29 bits per heavy atom. The number of piperidine rings is 1. The second-order valence-corrected chi connectivity index (χ2v) is 5.16. The summed E-state index contributed by atoms with van der Waals surface area (Å²) in [6, 6.07) is 6.19. The van der Waals surface area contributed by atoms with Crippen molar-refractivity contribution in [2.24, 2.45) is 5.41 Å².